The summed E-state index contributed by atoms with van der Waals surface area (Å²) in [6.45, 7) is 2.78. The molecule has 1 unspecified atom stereocenters. The molecular formula is C18H19FN2. The van der Waals surface area contributed by atoms with Gasteiger partial charge in [0.2, 0.25) is 0 Å². The highest BCUT2D eigenvalue weighted by atomic mass is 19.1. The van der Waals surface area contributed by atoms with Crippen LogP contribution in [0.25, 0.3) is 0 Å². The zero-order chi connectivity index (χ0) is 15.1. The van der Waals surface area contributed by atoms with Gasteiger partial charge >= 0.3 is 0 Å². The van der Waals surface area contributed by atoms with Gasteiger partial charge in [0.05, 0.1) is 5.56 Å². The number of nitriles is 1. The average Bonchev–Trinajstić information content (AvgIpc) is 2.53. The van der Waals surface area contributed by atoms with Gasteiger partial charge in [0.15, 0.2) is 0 Å². The molecule has 1 N–H and O–H groups in total. The number of halogens is 1. The predicted molar refractivity (Wildman–Crippen MR) is 82.2 cm³/mol. The van der Waals surface area contributed by atoms with Crippen LogP contribution in [0.4, 0.5) is 4.39 Å². The topological polar surface area (TPSA) is 35.8 Å². The molecule has 0 saturated carbocycles. The Morgan fingerprint density at radius 1 is 1.14 bits per heavy atom. The van der Waals surface area contributed by atoms with Crippen molar-refractivity contribution in [3.05, 3.63) is 71.0 Å². The second kappa shape index (κ2) is 7.56. The van der Waals surface area contributed by atoms with Crippen molar-refractivity contribution in [2.45, 2.75) is 32.4 Å². The smallest absolute Gasteiger partial charge is 0.140 e. The molecule has 2 rings (SSSR count). The van der Waals surface area contributed by atoms with Gasteiger partial charge in [-0.05, 0) is 43.0 Å². The van der Waals surface area contributed by atoms with Crippen molar-refractivity contribution in [2.75, 3.05) is 0 Å². The van der Waals surface area contributed by atoms with Gasteiger partial charge in [-0.25, -0.2) is 4.39 Å². The number of rotatable bonds is 6. The van der Waals surface area contributed by atoms with Gasteiger partial charge in [-0.1, -0.05) is 36.4 Å². The molecule has 3 heteroatoms. The SMILES string of the molecule is CC(CCc1ccccc1)NCc1ccc(F)c(C#N)c1. The summed E-state index contributed by atoms with van der Waals surface area (Å²) < 4.78 is 13.2. The van der Waals surface area contributed by atoms with Gasteiger partial charge in [0.1, 0.15) is 11.9 Å². The lowest BCUT2D eigenvalue weighted by atomic mass is 10.1. The van der Waals surface area contributed by atoms with E-state index < -0.39 is 5.82 Å². The number of hydrogen-bond donors (Lipinski definition) is 1. The molecule has 0 heterocycles. The predicted octanol–water partition coefficient (Wildman–Crippen LogP) is 3.81. The molecule has 1 atom stereocenters. The van der Waals surface area contributed by atoms with Crippen LogP contribution in [0.3, 0.4) is 0 Å². The van der Waals surface area contributed by atoms with Crippen LogP contribution in [-0.2, 0) is 13.0 Å². The molecule has 0 bridgehead atoms. The average molecular weight is 282 g/mol. The highest BCUT2D eigenvalue weighted by Gasteiger charge is 2.05. The van der Waals surface area contributed by atoms with Crippen LogP contribution >= 0.6 is 0 Å². The molecular weight excluding hydrogens is 263 g/mol. The minimum atomic E-state index is -0.460. The van der Waals surface area contributed by atoms with E-state index in [2.05, 4.69) is 36.5 Å². The van der Waals surface area contributed by atoms with Crippen LogP contribution in [-0.4, -0.2) is 6.04 Å². The van der Waals surface area contributed by atoms with Crippen molar-refractivity contribution in [1.82, 2.24) is 5.32 Å². The quantitative estimate of drug-likeness (QED) is 0.874. The molecule has 0 radical (unpaired) electrons. The summed E-state index contributed by atoms with van der Waals surface area (Å²) >= 11 is 0. The molecule has 2 aromatic rings. The molecule has 0 aliphatic carbocycles. The van der Waals surface area contributed by atoms with Gasteiger partial charge in [-0.3, -0.25) is 0 Å². The third-order valence-electron chi connectivity index (χ3n) is 3.51. The van der Waals surface area contributed by atoms with Gasteiger partial charge in [-0.15, -0.1) is 0 Å². The minimum Gasteiger partial charge on any atom is -0.310 e. The van der Waals surface area contributed by atoms with E-state index in [0.29, 0.717) is 12.6 Å². The molecule has 0 spiro atoms. The van der Waals surface area contributed by atoms with E-state index in [1.54, 1.807) is 12.1 Å². The zero-order valence-electron chi connectivity index (χ0n) is 12.1. The highest BCUT2D eigenvalue weighted by molar-refractivity contribution is 5.34. The first kappa shape index (κ1) is 15.2. The zero-order valence-corrected chi connectivity index (χ0v) is 12.1. The Bertz CT molecular complexity index is 617. The highest BCUT2D eigenvalue weighted by Crippen LogP contribution is 2.10. The van der Waals surface area contributed by atoms with E-state index >= 15 is 0 Å². The molecule has 0 fully saturated rings. The first-order chi connectivity index (χ1) is 10.2. The van der Waals surface area contributed by atoms with E-state index in [0.717, 1.165) is 18.4 Å². The molecule has 0 aliphatic heterocycles. The Balaban J connectivity index is 1.81. The first-order valence-corrected chi connectivity index (χ1v) is 7.15. The van der Waals surface area contributed by atoms with E-state index in [1.165, 1.54) is 11.6 Å². The summed E-state index contributed by atoms with van der Waals surface area (Å²) in [6.07, 6.45) is 2.07. The Labute approximate surface area is 125 Å². The Morgan fingerprint density at radius 2 is 1.90 bits per heavy atom. The van der Waals surface area contributed by atoms with Crippen molar-refractivity contribution in [3.63, 3.8) is 0 Å². The van der Waals surface area contributed by atoms with Crippen molar-refractivity contribution in [3.8, 4) is 6.07 Å². The van der Waals surface area contributed by atoms with Gasteiger partial charge in [0, 0.05) is 12.6 Å². The van der Waals surface area contributed by atoms with Crippen molar-refractivity contribution in [1.29, 1.82) is 5.26 Å². The Kier molecular flexibility index (Phi) is 5.48. The van der Waals surface area contributed by atoms with Gasteiger partial charge < -0.3 is 5.32 Å². The molecule has 21 heavy (non-hydrogen) atoms. The van der Waals surface area contributed by atoms with Gasteiger partial charge in [0.25, 0.3) is 0 Å². The standard InChI is InChI=1S/C18H19FN2/c1-14(7-8-15-5-3-2-4-6-15)21-13-16-9-10-18(19)17(11-16)12-20/h2-6,9-11,14,21H,7-8,13H2,1H3. The Hall–Kier alpha value is -2.18. The Morgan fingerprint density at radius 3 is 2.62 bits per heavy atom. The van der Waals surface area contributed by atoms with E-state index in [9.17, 15) is 4.39 Å². The van der Waals surface area contributed by atoms with Crippen molar-refractivity contribution in [2.24, 2.45) is 0 Å². The van der Waals surface area contributed by atoms with E-state index in [-0.39, 0.29) is 5.56 Å². The van der Waals surface area contributed by atoms with Crippen LogP contribution in [0, 0.1) is 17.1 Å². The van der Waals surface area contributed by atoms with Crippen LogP contribution < -0.4 is 5.32 Å². The molecule has 2 nitrogen and oxygen atoms in total. The lowest BCUT2D eigenvalue weighted by molar-refractivity contribution is 0.513. The molecule has 0 amide bonds. The monoisotopic (exact) mass is 282 g/mol. The molecule has 0 aromatic heterocycles. The molecule has 108 valence electrons. The van der Waals surface area contributed by atoms with E-state index in [4.69, 9.17) is 5.26 Å². The molecule has 0 saturated heterocycles. The summed E-state index contributed by atoms with van der Waals surface area (Å²) in [5, 5.41) is 12.2. The second-order valence-electron chi connectivity index (χ2n) is 5.23. The summed E-state index contributed by atoms with van der Waals surface area (Å²) in [6, 6.07) is 17.3. The minimum absolute atomic E-state index is 0.103. The fourth-order valence-electron chi connectivity index (χ4n) is 2.19. The van der Waals surface area contributed by atoms with Crippen LogP contribution in [0.1, 0.15) is 30.0 Å². The number of nitrogens with one attached hydrogen (secondary N) is 1. The fraction of sp³-hybridized carbons (Fsp3) is 0.278. The van der Waals surface area contributed by atoms with Crippen molar-refractivity contribution < 1.29 is 4.39 Å². The van der Waals surface area contributed by atoms with Crippen molar-refractivity contribution >= 4 is 0 Å². The largest absolute Gasteiger partial charge is 0.310 e. The lowest BCUT2D eigenvalue weighted by Gasteiger charge is -2.14. The number of aryl methyl sites for hydroxylation is 1. The van der Waals surface area contributed by atoms with Crippen LogP contribution in [0.5, 0.6) is 0 Å². The van der Waals surface area contributed by atoms with Crippen LogP contribution in [0.15, 0.2) is 48.5 Å². The maximum absolute atomic E-state index is 13.2. The number of benzene rings is 2. The summed E-state index contributed by atoms with van der Waals surface area (Å²) in [7, 11) is 0. The number of nitrogens with zero attached hydrogens (tertiary/aromatic N) is 1. The van der Waals surface area contributed by atoms with E-state index in [1.807, 2.05) is 12.1 Å². The summed E-state index contributed by atoms with van der Waals surface area (Å²) in [4.78, 5) is 0. The summed E-state index contributed by atoms with van der Waals surface area (Å²) in [5.41, 5.74) is 2.37. The normalized spacial score (nSPS) is 11.9. The fourth-order valence-corrected chi connectivity index (χ4v) is 2.19. The maximum Gasteiger partial charge on any atom is 0.140 e. The molecule has 2 aromatic carbocycles. The summed E-state index contributed by atoms with van der Waals surface area (Å²) in [5.74, 6) is -0.460. The van der Waals surface area contributed by atoms with Crippen LogP contribution in [0.2, 0.25) is 0 Å². The van der Waals surface area contributed by atoms with Gasteiger partial charge in [-0.2, -0.15) is 5.26 Å². The maximum atomic E-state index is 13.2. The third kappa shape index (κ3) is 4.70. The third-order valence-corrected chi connectivity index (χ3v) is 3.51. The second-order valence-corrected chi connectivity index (χ2v) is 5.23. The first-order valence-electron chi connectivity index (χ1n) is 7.15. The lowest BCUT2D eigenvalue weighted by Crippen LogP contribution is -2.26. The molecule has 0 aliphatic rings. The number of hydrogen-bond acceptors (Lipinski definition) is 2.